The lowest BCUT2D eigenvalue weighted by atomic mass is 10.1. The standard InChI is InChI=1S/C19H28N2O2S/c1-4-5-6-7-8-9-18(22)21-19(24)20-16-10-12-17(13-11-16)23-14-15(2)3/h10-13H,2,4-9,14H2,1,3H3,(H2,20,21,22,24). The normalized spacial score (nSPS) is 10.1. The molecule has 1 amide bonds. The summed E-state index contributed by atoms with van der Waals surface area (Å²) in [5.74, 6) is 0.732. The van der Waals surface area contributed by atoms with Gasteiger partial charge in [-0.3, -0.25) is 4.79 Å². The lowest BCUT2D eigenvalue weighted by Gasteiger charge is -2.11. The molecule has 0 spiro atoms. The zero-order valence-electron chi connectivity index (χ0n) is 14.7. The molecular weight excluding hydrogens is 320 g/mol. The van der Waals surface area contributed by atoms with Crippen molar-refractivity contribution in [2.75, 3.05) is 11.9 Å². The van der Waals surface area contributed by atoms with E-state index in [4.69, 9.17) is 17.0 Å². The molecule has 0 aliphatic rings. The summed E-state index contributed by atoms with van der Waals surface area (Å²) in [7, 11) is 0. The van der Waals surface area contributed by atoms with Gasteiger partial charge in [-0.15, -0.1) is 0 Å². The number of rotatable bonds is 10. The van der Waals surface area contributed by atoms with Crippen molar-refractivity contribution < 1.29 is 9.53 Å². The minimum absolute atomic E-state index is 0.0367. The number of anilines is 1. The first-order valence-electron chi connectivity index (χ1n) is 8.49. The molecule has 0 saturated heterocycles. The van der Waals surface area contributed by atoms with Crippen molar-refractivity contribution in [1.82, 2.24) is 5.32 Å². The molecule has 0 bridgehead atoms. The van der Waals surface area contributed by atoms with Crippen LogP contribution in [0.1, 0.15) is 52.4 Å². The van der Waals surface area contributed by atoms with E-state index in [1.54, 1.807) is 0 Å². The molecule has 0 unspecified atom stereocenters. The van der Waals surface area contributed by atoms with Crippen LogP contribution >= 0.6 is 12.2 Å². The first-order chi connectivity index (χ1) is 11.5. The fraction of sp³-hybridized carbons (Fsp3) is 0.474. The Bertz CT molecular complexity index is 541. The van der Waals surface area contributed by atoms with Gasteiger partial charge >= 0.3 is 0 Å². The summed E-state index contributed by atoms with van der Waals surface area (Å²) in [5, 5.41) is 6.04. The second-order valence-electron chi connectivity index (χ2n) is 5.94. The van der Waals surface area contributed by atoms with Crippen molar-refractivity contribution in [2.24, 2.45) is 0 Å². The number of thiocarbonyl (C=S) groups is 1. The number of ether oxygens (including phenoxy) is 1. The second kappa shape index (κ2) is 11.6. The molecule has 0 aliphatic heterocycles. The molecule has 0 heterocycles. The fourth-order valence-electron chi connectivity index (χ4n) is 2.08. The van der Waals surface area contributed by atoms with Crippen LogP contribution in [0, 0.1) is 0 Å². The van der Waals surface area contributed by atoms with Gasteiger partial charge < -0.3 is 15.4 Å². The van der Waals surface area contributed by atoms with E-state index < -0.39 is 0 Å². The first kappa shape index (κ1) is 20.2. The van der Waals surface area contributed by atoms with Gasteiger partial charge in [-0.2, -0.15) is 0 Å². The maximum atomic E-state index is 11.8. The van der Waals surface area contributed by atoms with Gasteiger partial charge in [-0.25, -0.2) is 0 Å². The third-order valence-corrected chi connectivity index (χ3v) is 3.56. The summed E-state index contributed by atoms with van der Waals surface area (Å²) in [6.45, 7) is 8.39. The van der Waals surface area contributed by atoms with Crippen LogP contribution in [0.2, 0.25) is 0 Å². The molecule has 0 saturated carbocycles. The van der Waals surface area contributed by atoms with Crippen molar-refractivity contribution in [3.8, 4) is 5.75 Å². The van der Waals surface area contributed by atoms with E-state index in [0.717, 1.165) is 29.9 Å². The molecule has 132 valence electrons. The molecule has 4 nitrogen and oxygen atoms in total. The Balaban J connectivity index is 2.28. The van der Waals surface area contributed by atoms with Crippen LogP contribution < -0.4 is 15.4 Å². The van der Waals surface area contributed by atoms with Gasteiger partial charge in [0.2, 0.25) is 5.91 Å². The number of hydrogen-bond donors (Lipinski definition) is 2. The number of nitrogens with one attached hydrogen (secondary N) is 2. The summed E-state index contributed by atoms with van der Waals surface area (Å²) >= 11 is 5.17. The van der Waals surface area contributed by atoms with Crippen LogP contribution in [0.3, 0.4) is 0 Å². The van der Waals surface area contributed by atoms with Crippen LogP contribution in [0.25, 0.3) is 0 Å². The number of amides is 1. The van der Waals surface area contributed by atoms with E-state index in [1.165, 1.54) is 19.3 Å². The Morgan fingerprint density at radius 3 is 2.46 bits per heavy atom. The molecular formula is C19H28N2O2S. The highest BCUT2D eigenvalue weighted by Crippen LogP contribution is 2.16. The number of carbonyl (C=O) groups excluding carboxylic acids is 1. The van der Waals surface area contributed by atoms with Gasteiger partial charge in [-0.1, -0.05) is 39.2 Å². The molecule has 5 heteroatoms. The van der Waals surface area contributed by atoms with Crippen molar-refractivity contribution in [3.05, 3.63) is 36.4 Å². The number of unbranched alkanes of at least 4 members (excludes halogenated alkanes) is 4. The summed E-state index contributed by atoms with van der Waals surface area (Å²) in [6, 6.07) is 7.42. The van der Waals surface area contributed by atoms with Crippen LogP contribution in [0.4, 0.5) is 5.69 Å². The maximum absolute atomic E-state index is 11.8. The van der Waals surface area contributed by atoms with E-state index >= 15 is 0 Å². The van der Waals surface area contributed by atoms with Crippen LogP contribution in [0.15, 0.2) is 36.4 Å². The smallest absolute Gasteiger partial charge is 0.226 e. The number of hydrogen-bond acceptors (Lipinski definition) is 3. The monoisotopic (exact) mass is 348 g/mol. The van der Waals surface area contributed by atoms with Gasteiger partial charge in [0.25, 0.3) is 0 Å². The van der Waals surface area contributed by atoms with E-state index in [2.05, 4.69) is 24.1 Å². The largest absolute Gasteiger partial charge is 0.489 e. The molecule has 24 heavy (non-hydrogen) atoms. The Morgan fingerprint density at radius 1 is 1.17 bits per heavy atom. The van der Waals surface area contributed by atoms with Gasteiger partial charge in [-0.05, 0) is 55.4 Å². The van der Waals surface area contributed by atoms with Gasteiger partial charge in [0.15, 0.2) is 5.11 Å². The van der Waals surface area contributed by atoms with Gasteiger partial charge in [0, 0.05) is 12.1 Å². The Morgan fingerprint density at radius 2 is 1.83 bits per heavy atom. The average molecular weight is 349 g/mol. The predicted octanol–water partition coefficient (Wildman–Crippen LogP) is 4.82. The van der Waals surface area contributed by atoms with Gasteiger partial charge in [0.05, 0.1) is 0 Å². The van der Waals surface area contributed by atoms with Crippen molar-refractivity contribution in [1.29, 1.82) is 0 Å². The molecule has 0 radical (unpaired) electrons. The SMILES string of the molecule is C=C(C)COc1ccc(NC(=S)NC(=O)CCCCCCC)cc1. The molecule has 0 atom stereocenters. The Kier molecular flexibility index (Phi) is 9.77. The Hall–Kier alpha value is -1.88. The third-order valence-electron chi connectivity index (χ3n) is 3.36. The van der Waals surface area contributed by atoms with Crippen LogP contribution in [0.5, 0.6) is 5.75 Å². The highest BCUT2D eigenvalue weighted by molar-refractivity contribution is 7.80. The average Bonchev–Trinajstić information content (AvgIpc) is 2.53. The van der Waals surface area contributed by atoms with Crippen LogP contribution in [-0.2, 0) is 4.79 Å². The summed E-state index contributed by atoms with van der Waals surface area (Å²) in [4.78, 5) is 11.8. The molecule has 1 rings (SSSR count). The van der Waals surface area contributed by atoms with E-state index in [1.807, 2.05) is 31.2 Å². The number of carbonyl (C=O) groups is 1. The highest BCUT2D eigenvalue weighted by Gasteiger charge is 2.05. The number of benzene rings is 1. The lowest BCUT2D eigenvalue weighted by Crippen LogP contribution is -2.33. The summed E-state index contributed by atoms with van der Waals surface area (Å²) in [6.07, 6.45) is 6.13. The van der Waals surface area contributed by atoms with E-state index in [-0.39, 0.29) is 5.91 Å². The summed E-state index contributed by atoms with van der Waals surface area (Å²) < 4.78 is 5.53. The van der Waals surface area contributed by atoms with Crippen molar-refractivity contribution in [2.45, 2.75) is 52.4 Å². The molecule has 0 aromatic heterocycles. The highest BCUT2D eigenvalue weighted by atomic mass is 32.1. The predicted molar refractivity (Wildman–Crippen MR) is 104 cm³/mol. The van der Waals surface area contributed by atoms with Gasteiger partial charge in [0.1, 0.15) is 12.4 Å². The van der Waals surface area contributed by atoms with Crippen molar-refractivity contribution >= 4 is 28.9 Å². The van der Waals surface area contributed by atoms with E-state index in [9.17, 15) is 4.79 Å². The molecule has 1 aromatic rings. The molecule has 2 N–H and O–H groups in total. The quantitative estimate of drug-likeness (QED) is 0.362. The summed E-state index contributed by atoms with van der Waals surface area (Å²) in [5.41, 5.74) is 1.78. The minimum Gasteiger partial charge on any atom is -0.489 e. The minimum atomic E-state index is -0.0367. The topological polar surface area (TPSA) is 50.4 Å². The maximum Gasteiger partial charge on any atom is 0.226 e. The molecule has 0 aliphatic carbocycles. The Labute approximate surface area is 150 Å². The first-order valence-corrected chi connectivity index (χ1v) is 8.90. The second-order valence-corrected chi connectivity index (χ2v) is 6.34. The zero-order chi connectivity index (χ0) is 17.8. The zero-order valence-corrected chi connectivity index (χ0v) is 15.5. The molecule has 0 fully saturated rings. The van der Waals surface area contributed by atoms with E-state index in [0.29, 0.717) is 18.1 Å². The fourth-order valence-corrected chi connectivity index (χ4v) is 2.31. The lowest BCUT2D eigenvalue weighted by molar-refractivity contribution is -0.119. The third kappa shape index (κ3) is 9.30. The van der Waals surface area contributed by atoms with Crippen LogP contribution in [-0.4, -0.2) is 17.6 Å². The van der Waals surface area contributed by atoms with Crippen molar-refractivity contribution in [3.63, 3.8) is 0 Å². The molecule has 1 aromatic carbocycles.